The SMILES string of the molecule is CC.Cc1ccc2c(c1Cl)CC(F)(F)CO2. The zero-order valence-corrected chi connectivity index (χ0v) is 10.4. The zero-order valence-electron chi connectivity index (χ0n) is 9.61. The van der Waals surface area contributed by atoms with E-state index < -0.39 is 12.5 Å². The maximum atomic E-state index is 13.0. The van der Waals surface area contributed by atoms with E-state index in [4.69, 9.17) is 16.3 Å². The molecule has 1 aliphatic rings. The summed E-state index contributed by atoms with van der Waals surface area (Å²) < 4.78 is 31.0. The quantitative estimate of drug-likeness (QED) is 0.667. The van der Waals surface area contributed by atoms with Gasteiger partial charge in [-0.25, -0.2) is 8.78 Å². The van der Waals surface area contributed by atoms with Crippen molar-refractivity contribution in [2.75, 3.05) is 6.61 Å². The summed E-state index contributed by atoms with van der Waals surface area (Å²) in [6.45, 7) is 5.23. The number of halogens is 3. The van der Waals surface area contributed by atoms with Crippen LogP contribution in [0, 0.1) is 6.92 Å². The summed E-state index contributed by atoms with van der Waals surface area (Å²) in [5.74, 6) is -2.32. The molecule has 0 saturated carbocycles. The Bertz CT molecular complexity index is 378. The predicted octanol–water partition coefficient (Wildman–Crippen LogP) is 4.24. The molecule has 4 heteroatoms. The summed E-state index contributed by atoms with van der Waals surface area (Å²) in [5, 5.41) is 0.391. The Morgan fingerprint density at radius 1 is 1.31 bits per heavy atom. The molecule has 0 unspecified atom stereocenters. The number of fused-ring (bicyclic) bond motifs is 1. The second-order valence-corrected chi connectivity index (χ2v) is 3.87. The third kappa shape index (κ3) is 2.64. The molecular weight excluding hydrogens is 234 g/mol. The maximum absolute atomic E-state index is 13.0. The second-order valence-electron chi connectivity index (χ2n) is 3.49. The summed E-state index contributed by atoms with van der Waals surface area (Å²) in [5.41, 5.74) is 1.22. The van der Waals surface area contributed by atoms with E-state index in [1.807, 2.05) is 13.8 Å². The van der Waals surface area contributed by atoms with Gasteiger partial charge in [-0.15, -0.1) is 0 Å². The predicted molar refractivity (Wildman–Crippen MR) is 61.7 cm³/mol. The highest BCUT2D eigenvalue weighted by Crippen LogP contribution is 2.38. The van der Waals surface area contributed by atoms with Crippen molar-refractivity contribution in [2.45, 2.75) is 33.1 Å². The lowest BCUT2D eigenvalue weighted by molar-refractivity contribution is -0.0514. The average Bonchev–Trinajstić information content (AvgIpc) is 2.26. The maximum Gasteiger partial charge on any atom is 0.285 e. The molecular formula is C12H15ClF2O. The fourth-order valence-corrected chi connectivity index (χ4v) is 1.74. The third-order valence-corrected chi connectivity index (χ3v) is 2.79. The lowest BCUT2D eigenvalue weighted by Crippen LogP contribution is -2.32. The Hall–Kier alpha value is -0.830. The molecule has 1 aromatic carbocycles. The van der Waals surface area contributed by atoms with Crippen molar-refractivity contribution in [2.24, 2.45) is 0 Å². The van der Waals surface area contributed by atoms with E-state index in [0.29, 0.717) is 16.3 Å². The van der Waals surface area contributed by atoms with Crippen LogP contribution in [0.15, 0.2) is 12.1 Å². The lowest BCUT2D eigenvalue weighted by Gasteiger charge is -2.26. The molecule has 1 aliphatic heterocycles. The number of benzene rings is 1. The first kappa shape index (κ1) is 13.2. The zero-order chi connectivity index (χ0) is 12.3. The number of rotatable bonds is 0. The monoisotopic (exact) mass is 248 g/mol. The van der Waals surface area contributed by atoms with Gasteiger partial charge in [0.1, 0.15) is 5.75 Å². The smallest absolute Gasteiger partial charge is 0.285 e. The Labute approximate surface area is 99.4 Å². The molecule has 1 nitrogen and oxygen atoms in total. The summed E-state index contributed by atoms with van der Waals surface area (Å²) in [4.78, 5) is 0. The number of aryl methyl sites for hydroxylation is 1. The van der Waals surface area contributed by atoms with Crippen LogP contribution in [0.25, 0.3) is 0 Å². The first-order chi connectivity index (χ1) is 7.49. The molecule has 16 heavy (non-hydrogen) atoms. The molecule has 0 fully saturated rings. The van der Waals surface area contributed by atoms with Crippen molar-refractivity contribution in [3.05, 3.63) is 28.3 Å². The van der Waals surface area contributed by atoms with Crippen LogP contribution in [0.1, 0.15) is 25.0 Å². The van der Waals surface area contributed by atoms with Gasteiger partial charge in [0.25, 0.3) is 5.92 Å². The first-order valence-electron chi connectivity index (χ1n) is 5.28. The van der Waals surface area contributed by atoms with E-state index in [9.17, 15) is 8.78 Å². The van der Waals surface area contributed by atoms with Crippen LogP contribution in [0.3, 0.4) is 0 Å². The minimum atomic E-state index is -2.80. The van der Waals surface area contributed by atoms with Crippen molar-refractivity contribution < 1.29 is 13.5 Å². The van der Waals surface area contributed by atoms with Gasteiger partial charge in [-0.05, 0) is 18.6 Å². The van der Waals surface area contributed by atoms with Gasteiger partial charge in [-0.2, -0.15) is 0 Å². The summed E-state index contributed by atoms with van der Waals surface area (Å²) >= 11 is 5.93. The van der Waals surface area contributed by atoms with Gasteiger partial charge < -0.3 is 4.74 Å². The van der Waals surface area contributed by atoms with Crippen molar-refractivity contribution in [1.29, 1.82) is 0 Å². The van der Waals surface area contributed by atoms with Crippen molar-refractivity contribution in [3.8, 4) is 5.75 Å². The van der Waals surface area contributed by atoms with E-state index in [2.05, 4.69) is 0 Å². The van der Waals surface area contributed by atoms with Gasteiger partial charge in [0.05, 0.1) is 5.02 Å². The Morgan fingerprint density at radius 2 is 1.94 bits per heavy atom. The van der Waals surface area contributed by atoms with Gasteiger partial charge in [0.2, 0.25) is 0 Å². The van der Waals surface area contributed by atoms with Crippen LogP contribution in [-0.4, -0.2) is 12.5 Å². The lowest BCUT2D eigenvalue weighted by atomic mass is 10.0. The van der Waals surface area contributed by atoms with Gasteiger partial charge in [-0.3, -0.25) is 0 Å². The molecule has 0 bridgehead atoms. The normalized spacial score (nSPS) is 16.6. The highest BCUT2D eigenvalue weighted by Gasteiger charge is 2.37. The van der Waals surface area contributed by atoms with Gasteiger partial charge in [-0.1, -0.05) is 31.5 Å². The summed E-state index contributed by atoms with van der Waals surface area (Å²) in [6, 6.07) is 3.45. The first-order valence-corrected chi connectivity index (χ1v) is 5.66. The van der Waals surface area contributed by atoms with E-state index in [0.717, 1.165) is 5.56 Å². The van der Waals surface area contributed by atoms with E-state index in [1.165, 1.54) is 0 Å². The minimum absolute atomic E-state index is 0.331. The molecule has 0 amide bonds. The van der Waals surface area contributed by atoms with Crippen molar-refractivity contribution in [1.82, 2.24) is 0 Å². The molecule has 0 spiro atoms. The highest BCUT2D eigenvalue weighted by molar-refractivity contribution is 6.32. The topological polar surface area (TPSA) is 9.23 Å². The number of hydrogen-bond acceptors (Lipinski definition) is 1. The van der Waals surface area contributed by atoms with Gasteiger partial charge in [0, 0.05) is 12.0 Å². The molecule has 2 rings (SSSR count). The van der Waals surface area contributed by atoms with Crippen LogP contribution >= 0.6 is 11.6 Å². The Kier molecular flexibility index (Phi) is 4.14. The summed E-state index contributed by atoms with van der Waals surface area (Å²) in [6.07, 6.45) is -0.331. The van der Waals surface area contributed by atoms with E-state index >= 15 is 0 Å². The standard InChI is InChI=1S/C10H9ClF2O.C2H6/c1-6-2-3-8-7(9(6)11)4-10(12,13)5-14-8;1-2/h2-3H,4-5H2,1H3;1-2H3. The summed E-state index contributed by atoms with van der Waals surface area (Å²) in [7, 11) is 0. The number of ether oxygens (including phenoxy) is 1. The van der Waals surface area contributed by atoms with Gasteiger partial charge >= 0.3 is 0 Å². The van der Waals surface area contributed by atoms with Crippen LogP contribution in [0.5, 0.6) is 5.75 Å². The number of alkyl halides is 2. The Balaban J connectivity index is 0.000000606. The number of hydrogen-bond donors (Lipinski definition) is 0. The van der Waals surface area contributed by atoms with Crippen LogP contribution < -0.4 is 4.74 Å². The van der Waals surface area contributed by atoms with Crippen LogP contribution in [-0.2, 0) is 6.42 Å². The molecule has 1 aromatic rings. The molecule has 0 aliphatic carbocycles. The van der Waals surface area contributed by atoms with E-state index in [-0.39, 0.29) is 6.42 Å². The molecule has 0 saturated heterocycles. The van der Waals surface area contributed by atoms with Gasteiger partial charge in [0.15, 0.2) is 6.61 Å². The fraction of sp³-hybridized carbons (Fsp3) is 0.500. The van der Waals surface area contributed by atoms with Crippen LogP contribution in [0.4, 0.5) is 8.78 Å². The molecule has 90 valence electrons. The third-order valence-electron chi connectivity index (χ3n) is 2.27. The largest absolute Gasteiger partial charge is 0.487 e. The fourth-order valence-electron chi connectivity index (χ4n) is 1.51. The molecule has 0 N–H and O–H groups in total. The molecule has 0 radical (unpaired) electrons. The Morgan fingerprint density at radius 3 is 2.56 bits per heavy atom. The van der Waals surface area contributed by atoms with Crippen molar-refractivity contribution in [3.63, 3.8) is 0 Å². The highest BCUT2D eigenvalue weighted by atomic mass is 35.5. The van der Waals surface area contributed by atoms with E-state index in [1.54, 1.807) is 19.1 Å². The van der Waals surface area contributed by atoms with Crippen molar-refractivity contribution >= 4 is 11.6 Å². The average molecular weight is 249 g/mol. The van der Waals surface area contributed by atoms with Crippen LogP contribution in [0.2, 0.25) is 5.02 Å². The minimum Gasteiger partial charge on any atom is -0.487 e. The molecule has 0 atom stereocenters. The second kappa shape index (κ2) is 5.00. The molecule has 0 aromatic heterocycles. The molecule has 1 heterocycles.